The summed E-state index contributed by atoms with van der Waals surface area (Å²) in [5.41, 5.74) is 1.02. The molecule has 3 aromatic rings. The lowest BCUT2D eigenvalue weighted by Crippen LogP contribution is -2.43. The Morgan fingerprint density at radius 3 is 2.87 bits per heavy atom. The number of likely N-dealkylation sites (tertiary alicyclic amines) is 1. The fourth-order valence-corrected chi connectivity index (χ4v) is 4.42. The SMILES string of the molecule is O=C(Nc1nnc(-c2ccc3c(c2)OCO3)s1)C1CCCN1C(=O)c1cccc(F)c1. The Morgan fingerprint density at radius 1 is 1.13 bits per heavy atom. The first-order valence-corrected chi connectivity index (χ1v) is 10.5. The monoisotopic (exact) mass is 440 g/mol. The zero-order chi connectivity index (χ0) is 21.4. The Morgan fingerprint density at radius 2 is 2.00 bits per heavy atom. The van der Waals surface area contributed by atoms with Crippen LogP contribution >= 0.6 is 11.3 Å². The van der Waals surface area contributed by atoms with Crippen LogP contribution in [0.3, 0.4) is 0 Å². The van der Waals surface area contributed by atoms with Gasteiger partial charge in [-0.05, 0) is 49.2 Å². The Bertz CT molecular complexity index is 1170. The first kappa shape index (κ1) is 19.4. The van der Waals surface area contributed by atoms with Crippen LogP contribution in [0, 0.1) is 5.82 Å². The molecule has 2 aliphatic rings. The molecule has 8 nitrogen and oxygen atoms in total. The number of nitrogens with one attached hydrogen (secondary N) is 1. The van der Waals surface area contributed by atoms with Crippen molar-refractivity contribution in [3.63, 3.8) is 0 Å². The van der Waals surface area contributed by atoms with Crippen LogP contribution in [-0.2, 0) is 4.79 Å². The third-order valence-electron chi connectivity index (χ3n) is 5.16. The normalized spacial score (nSPS) is 17.1. The van der Waals surface area contributed by atoms with Crippen molar-refractivity contribution in [1.29, 1.82) is 0 Å². The van der Waals surface area contributed by atoms with E-state index in [-0.39, 0.29) is 24.2 Å². The molecule has 1 N–H and O–H groups in total. The maximum atomic E-state index is 13.5. The van der Waals surface area contributed by atoms with Gasteiger partial charge >= 0.3 is 0 Å². The Labute approximate surface area is 180 Å². The summed E-state index contributed by atoms with van der Waals surface area (Å²) in [5.74, 6) is 0.115. The van der Waals surface area contributed by atoms with Crippen molar-refractivity contribution in [2.45, 2.75) is 18.9 Å². The number of anilines is 1. The van der Waals surface area contributed by atoms with E-state index in [1.807, 2.05) is 12.1 Å². The molecule has 1 aromatic heterocycles. The summed E-state index contributed by atoms with van der Waals surface area (Å²) in [6.07, 6.45) is 1.22. The molecule has 2 aromatic carbocycles. The number of carbonyl (C=O) groups is 2. The van der Waals surface area contributed by atoms with Crippen LogP contribution in [0.25, 0.3) is 10.6 Å². The number of aromatic nitrogens is 2. The first-order chi connectivity index (χ1) is 15.1. The predicted molar refractivity (Wildman–Crippen MR) is 111 cm³/mol. The van der Waals surface area contributed by atoms with E-state index >= 15 is 0 Å². The number of rotatable bonds is 4. The van der Waals surface area contributed by atoms with Crippen molar-refractivity contribution in [1.82, 2.24) is 15.1 Å². The smallest absolute Gasteiger partial charge is 0.254 e. The lowest BCUT2D eigenvalue weighted by Gasteiger charge is -2.23. The van der Waals surface area contributed by atoms with Gasteiger partial charge in [0.2, 0.25) is 17.8 Å². The maximum absolute atomic E-state index is 13.5. The molecule has 0 saturated carbocycles. The molecule has 0 bridgehead atoms. The predicted octanol–water partition coefficient (Wildman–Crippen LogP) is 3.32. The summed E-state index contributed by atoms with van der Waals surface area (Å²) in [5, 5.41) is 11.9. The van der Waals surface area contributed by atoms with Gasteiger partial charge in [0.1, 0.15) is 16.9 Å². The highest BCUT2D eigenvalue weighted by Gasteiger charge is 2.35. The Kier molecular flexibility index (Phi) is 4.99. The molecule has 1 unspecified atom stereocenters. The average molecular weight is 440 g/mol. The second kappa shape index (κ2) is 7.95. The van der Waals surface area contributed by atoms with E-state index in [1.165, 1.54) is 34.4 Å². The van der Waals surface area contributed by atoms with Gasteiger partial charge in [-0.25, -0.2) is 4.39 Å². The molecule has 2 amide bonds. The molecule has 0 spiro atoms. The van der Waals surface area contributed by atoms with Crippen LogP contribution in [0.15, 0.2) is 42.5 Å². The van der Waals surface area contributed by atoms with Crippen LogP contribution in [-0.4, -0.2) is 46.3 Å². The summed E-state index contributed by atoms with van der Waals surface area (Å²) in [6.45, 7) is 0.619. The molecule has 1 atom stereocenters. The third kappa shape index (κ3) is 3.81. The van der Waals surface area contributed by atoms with Gasteiger partial charge in [0.15, 0.2) is 11.5 Å². The van der Waals surface area contributed by atoms with Gasteiger partial charge in [-0.2, -0.15) is 0 Å². The highest BCUT2D eigenvalue weighted by molar-refractivity contribution is 7.18. The number of benzene rings is 2. The quantitative estimate of drug-likeness (QED) is 0.669. The minimum Gasteiger partial charge on any atom is -0.454 e. The molecule has 0 radical (unpaired) electrons. The van der Waals surface area contributed by atoms with Crippen LogP contribution in [0.5, 0.6) is 11.5 Å². The van der Waals surface area contributed by atoms with E-state index < -0.39 is 11.9 Å². The molecule has 10 heteroatoms. The number of amides is 2. The minimum atomic E-state index is -0.645. The number of carbonyl (C=O) groups excluding carboxylic acids is 2. The zero-order valence-electron chi connectivity index (χ0n) is 16.2. The molecular weight excluding hydrogens is 423 g/mol. The van der Waals surface area contributed by atoms with Gasteiger partial charge in [-0.1, -0.05) is 17.4 Å². The zero-order valence-corrected chi connectivity index (χ0v) is 17.0. The van der Waals surface area contributed by atoms with E-state index in [1.54, 1.807) is 12.1 Å². The molecule has 31 heavy (non-hydrogen) atoms. The number of ether oxygens (including phenoxy) is 2. The molecular formula is C21H17FN4O4S. The summed E-state index contributed by atoms with van der Waals surface area (Å²) in [6, 6.07) is 10.3. The fourth-order valence-electron chi connectivity index (χ4n) is 3.68. The van der Waals surface area contributed by atoms with Gasteiger partial charge in [0, 0.05) is 17.7 Å². The summed E-state index contributed by atoms with van der Waals surface area (Å²) in [4.78, 5) is 27.1. The molecule has 1 saturated heterocycles. The van der Waals surface area contributed by atoms with E-state index in [2.05, 4.69) is 15.5 Å². The Balaban J connectivity index is 1.29. The number of hydrogen-bond donors (Lipinski definition) is 1. The van der Waals surface area contributed by atoms with Crippen molar-refractivity contribution < 1.29 is 23.5 Å². The summed E-state index contributed by atoms with van der Waals surface area (Å²) in [7, 11) is 0. The molecule has 0 aliphatic carbocycles. The summed E-state index contributed by atoms with van der Waals surface area (Å²) < 4.78 is 24.2. The van der Waals surface area contributed by atoms with E-state index in [0.29, 0.717) is 41.0 Å². The number of fused-ring (bicyclic) bond motifs is 1. The van der Waals surface area contributed by atoms with E-state index in [9.17, 15) is 14.0 Å². The van der Waals surface area contributed by atoms with Gasteiger partial charge in [0.25, 0.3) is 5.91 Å². The molecule has 5 rings (SSSR count). The average Bonchev–Trinajstić information content (AvgIpc) is 3.52. The van der Waals surface area contributed by atoms with E-state index in [4.69, 9.17) is 9.47 Å². The largest absolute Gasteiger partial charge is 0.454 e. The first-order valence-electron chi connectivity index (χ1n) is 9.69. The molecule has 2 aliphatic heterocycles. The van der Waals surface area contributed by atoms with Crippen LogP contribution in [0.2, 0.25) is 0 Å². The highest BCUT2D eigenvalue weighted by Crippen LogP contribution is 2.37. The topological polar surface area (TPSA) is 93.7 Å². The number of hydrogen-bond acceptors (Lipinski definition) is 7. The third-order valence-corrected chi connectivity index (χ3v) is 6.05. The fraction of sp³-hybridized carbons (Fsp3) is 0.238. The van der Waals surface area contributed by atoms with Crippen LogP contribution in [0.4, 0.5) is 9.52 Å². The van der Waals surface area contributed by atoms with E-state index in [0.717, 1.165) is 5.56 Å². The number of halogens is 1. The molecule has 158 valence electrons. The second-order valence-electron chi connectivity index (χ2n) is 7.14. The lowest BCUT2D eigenvalue weighted by molar-refractivity contribution is -0.119. The van der Waals surface area contributed by atoms with Crippen molar-refractivity contribution in [2.75, 3.05) is 18.7 Å². The van der Waals surface area contributed by atoms with Crippen LogP contribution < -0.4 is 14.8 Å². The summed E-state index contributed by atoms with van der Waals surface area (Å²) >= 11 is 1.22. The van der Waals surface area contributed by atoms with Gasteiger partial charge in [-0.3, -0.25) is 14.9 Å². The van der Waals surface area contributed by atoms with Crippen molar-refractivity contribution >= 4 is 28.3 Å². The maximum Gasteiger partial charge on any atom is 0.254 e. The van der Waals surface area contributed by atoms with Crippen LogP contribution in [0.1, 0.15) is 23.2 Å². The van der Waals surface area contributed by atoms with Gasteiger partial charge in [-0.15, -0.1) is 10.2 Å². The standard InChI is InChI=1S/C21H17FN4O4S/c22-14-4-1-3-13(9-14)20(28)26-8-2-5-15(26)18(27)23-21-25-24-19(31-21)12-6-7-16-17(10-12)30-11-29-16/h1,3-4,6-7,9-10,15H,2,5,8,11H2,(H,23,25,27). The van der Waals surface area contributed by atoms with Crippen molar-refractivity contribution in [3.8, 4) is 22.1 Å². The molecule has 1 fully saturated rings. The second-order valence-corrected chi connectivity index (χ2v) is 8.11. The van der Waals surface area contributed by atoms with Gasteiger partial charge in [0.05, 0.1) is 0 Å². The number of nitrogens with zero attached hydrogens (tertiary/aromatic N) is 3. The molecule has 3 heterocycles. The van der Waals surface area contributed by atoms with Gasteiger partial charge < -0.3 is 14.4 Å². The highest BCUT2D eigenvalue weighted by atomic mass is 32.1. The van der Waals surface area contributed by atoms with Crippen molar-refractivity contribution in [3.05, 3.63) is 53.8 Å². The minimum absolute atomic E-state index is 0.183. The lowest BCUT2D eigenvalue weighted by atomic mass is 10.1. The van der Waals surface area contributed by atoms with Crippen molar-refractivity contribution in [2.24, 2.45) is 0 Å². The Hall–Kier alpha value is -3.53.